The summed E-state index contributed by atoms with van der Waals surface area (Å²) < 4.78 is 5.72. The van der Waals surface area contributed by atoms with Crippen LogP contribution in [0.15, 0.2) is 64.6 Å². The number of carboxylic acids is 2. The van der Waals surface area contributed by atoms with Gasteiger partial charge in [0.1, 0.15) is 17.1 Å². The van der Waals surface area contributed by atoms with Crippen LogP contribution < -0.4 is 10.2 Å². The molecule has 4 rings (SSSR count). The van der Waals surface area contributed by atoms with E-state index in [9.17, 15) is 34.2 Å². The Bertz CT molecular complexity index is 1420. The number of imide groups is 2. The van der Waals surface area contributed by atoms with E-state index >= 15 is 0 Å². The monoisotopic (exact) mass is 460 g/mol. The van der Waals surface area contributed by atoms with Crippen molar-refractivity contribution in [2.24, 2.45) is 0 Å². The van der Waals surface area contributed by atoms with Crippen LogP contribution in [-0.2, 0) is 9.59 Å². The lowest BCUT2D eigenvalue weighted by molar-refractivity contribution is -0.122. The van der Waals surface area contributed by atoms with Crippen LogP contribution in [0.1, 0.15) is 32.0 Å². The molecule has 170 valence electrons. The summed E-state index contributed by atoms with van der Waals surface area (Å²) in [4.78, 5) is 61.0. The van der Waals surface area contributed by atoms with Crippen molar-refractivity contribution in [2.75, 3.05) is 4.90 Å². The molecule has 1 fully saturated rings. The SMILES string of the molecule is Cc1c(C(=O)O)cccc1-c1ccc(C=C2C(=O)NC(=O)N(c3cccc(C(=O)O)c3)C2=O)o1. The van der Waals surface area contributed by atoms with Crippen molar-refractivity contribution in [1.29, 1.82) is 0 Å². The van der Waals surface area contributed by atoms with Crippen molar-refractivity contribution in [2.45, 2.75) is 6.92 Å². The Morgan fingerprint density at radius 3 is 2.41 bits per heavy atom. The third-order valence-corrected chi connectivity index (χ3v) is 5.20. The van der Waals surface area contributed by atoms with E-state index in [0.717, 1.165) is 12.1 Å². The average Bonchev–Trinajstić information content (AvgIpc) is 3.25. The summed E-state index contributed by atoms with van der Waals surface area (Å²) in [7, 11) is 0. The van der Waals surface area contributed by atoms with Gasteiger partial charge in [0.15, 0.2) is 0 Å². The Kier molecular flexibility index (Phi) is 5.56. The van der Waals surface area contributed by atoms with Gasteiger partial charge in [-0.3, -0.25) is 14.9 Å². The highest BCUT2D eigenvalue weighted by atomic mass is 16.4. The predicted molar refractivity (Wildman–Crippen MR) is 118 cm³/mol. The first-order valence-corrected chi connectivity index (χ1v) is 9.85. The number of nitrogens with zero attached hydrogens (tertiary/aromatic N) is 1. The quantitative estimate of drug-likeness (QED) is 0.387. The minimum absolute atomic E-state index is 0.0259. The van der Waals surface area contributed by atoms with Gasteiger partial charge in [-0.2, -0.15) is 0 Å². The van der Waals surface area contributed by atoms with E-state index in [2.05, 4.69) is 0 Å². The number of nitrogens with one attached hydrogen (secondary N) is 1. The highest BCUT2D eigenvalue weighted by Gasteiger charge is 2.37. The van der Waals surface area contributed by atoms with Crippen molar-refractivity contribution in [3.63, 3.8) is 0 Å². The molecule has 0 bridgehead atoms. The fourth-order valence-corrected chi connectivity index (χ4v) is 3.52. The molecule has 3 aromatic rings. The fourth-order valence-electron chi connectivity index (χ4n) is 3.52. The van der Waals surface area contributed by atoms with Gasteiger partial charge in [0, 0.05) is 5.56 Å². The minimum Gasteiger partial charge on any atom is -0.478 e. The van der Waals surface area contributed by atoms with Crippen LogP contribution in [0.3, 0.4) is 0 Å². The number of furan rings is 1. The number of carbonyl (C=O) groups is 5. The number of carboxylic acid groups (broad SMARTS) is 2. The molecule has 2 heterocycles. The Balaban J connectivity index is 1.70. The molecule has 10 heteroatoms. The van der Waals surface area contributed by atoms with E-state index in [1.54, 1.807) is 25.1 Å². The maximum atomic E-state index is 13.0. The normalized spacial score (nSPS) is 14.9. The molecule has 10 nitrogen and oxygen atoms in total. The van der Waals surface area contributed by atoms with Crippen LogP contribution in [0.4, 0.5) is 10.5 Å². The second kappa shape index (κ2) is 8.51. The number of rotatable bonds is 5. The first-order chi connectivity index (χ1) is 16.2. The molecule has 0 unspecified atom stereocenters. The molecular weight excluding hydrogens is 444 g/mol. The zero-order chi connectivity index (χ0) is 24.6. The third-order valence-electron chi connectivity index (χ3n) is 5.20. The largest absolute Gasteiger partial charge is 0.478 e. The van der Waals surface area contributed by atoms with E-state index in [1.807, 2.05) is 5.32 Å². The lowest BCUT2D eigenvalue weighted by Crippen LogP contribution is -2.54. The number of amides is 4. The van der Waals surface area contributed by atoms with Gasteiger partial charge in [-0.05, 0) is 55.0 Å². The fraction of sp³-hybridized carbons (Fsp3) is 0.0417. The van der Waals surface area contributed by atoms with Gasteiger partial charge in [0.05, 0.1) is 16.8 Å². The van der Waals surface area contributed by atoms with Gasteiger partial charge >= 0.3 is 18.0 Å². The van der Waals surface area contributed by atoms with Crippen molar-refractivity contribution in [3.8, 4) is 11.3 Å². The summed E-state index contributed by atoms with van der Waals surface area (Å²) in [5.74, 6) is -3.81. The molecule has 1 aliphatic rings. The number of urea groups is 1. The first-order valence-electron chi connectivity index (χ1n) is 9.85. The van der Waals surface area contributed by atoms with Gasteiger partial charge in [0.2, 0.25) is 0 Å². The summed E-state index contributed by atoms with van der Waals surface area (Å²) >= 11 is 0. The zero-order valence-electron chi connectivity index (χ0n) is 17.6. The summed E-state index contributed by atoms with van der Waals surface area (Å²) in [5.41, 5.74) is 0.527. The van der Waals surface area contributed by atoms with Gasteiger partial charge in [0.25, 0.3) is 11.8 Å². The minimum atomic E-state index is -1.25. The molecule has 0 radical (unpaired) electrons. The molecule has 4 amide bonds. The van der Waals surface area contributed by atoms with E-state index in [0.29, 0.717) is 21.8 Å². The van der Waals surface area contributed by atoms with Gasteiger partial charge in [-0.25, -0.2) is 19.3 Å². The molecule has 0 aliphatic carbocycles. The van der Waals surface area contributed by atoms with Crippen LogP contribution in [-0.4, -0.2) is 40.0 Å². The predicted octanol–water partition coefficient (Wildman–Crippen LogP) is 3.32. The van der Waals surface area contributed by atoms with Gasteiger partial charge in [-0.15, -0.1) is 0 Å². The van der Waals surface area contributed by atoms with Crippen molar-refractivity contribution in [1.82, 2.24) is 5.32 Å². The van der Waals surface area contributed by atoms with Gasteiger partial charge < -0.3 is 14.6 Å². The van der Waals surface area contributed by atoms with Crippen LogP contribution in [0.5, 0.6) is 0 Å². The molecule has 0 spiro atoms. The Morgan fingerprint density at radius 1 is 0.971 bits per heavy atom. The summed E-state index contributed by atoms with van der Waals surface area (Å²) in [6, 6.07) is 11.9. The number of anilines is 1. The number of carbonyl (C=O) groups excluding carboxylic acids is 3. The second-order valence-corrected chi connectivity index (χ2v) is 7.30. The maximum absolute atomic E-state index is 13.0. The van der Waals surface area contributed by atoms with Crippen LogP contribution in [0.25, 0.3) is 17.4 Å². The molecule has 3 N–H and O–H groups in total. The summed E-state index contributed by atoms with van der Waals surface area (Å²) in [6.07, 6.45) is 1.15. The first kappa shape index (κ1) is 22.2. The number of benzene rings is 2. The molecule has 0 saturated carbocycles. The average molecular weight is 460 g/mol. The Hall–Kier alpha value is -4.99. The highest BCUT2D eigenvalue weighted by Crippen LogP contribution is 2.29. The maximum Gasteiger partial charge on any atom is 0.335 e. The van der Waals surface area contributed by atoms with E-state index in [1.165, 1.54) is 30.3 Å². The van der Waals surface area contributed by atoms with E-state index < -0.39 is 35.4 Å². The Morgan fingerprint density at radius 2 is 1.71 bits per heavy atom. The molecule has 34 heavy (non-hydrogen) atoms. The summed E-state index contributed by atoms with van der Waals surface area (Å²) in [6.45, 7) is 1.63. The van der Waals surface area contributed by atoms with Crippen molar-refractivity contribution in [3.05, 3.63) is 82.6 Å². The smallest absolute Gasteiger partial charge is 0.335 e. The highest BCUT2D eigenvalue weighted by molar-refractivity contribution is 6.39. The second-order valence-electron chi connectivity index (χ2n) is 7.30. The molecule has 2 aromatic carbocycles. The van der Waals surface area contributed by atoms with Crippen LogP contribution in [0.2, 0.25) is 0 Å². The standard InChI is InChI=1S/C24H16N2O8/c1-12-16(6-3-7-17(12)23(31)32)19-9-8-15(34-19)11-18-20(27)25-24(33)26(21(18)28)14-5-2-4-13(10-14)22(29)30/h2-11H,1H3,(H,29,30)(H,31,32)(H,25,27,33). The van der Waals surface area contributed by atoms with Crippen molar-refractivity contribution < 1.29 is 38.6 Å². The van der Waals surface area contributed by atoms with Crippen LogP contribution >= 0.6 is 0 Å². The number of barbiturate groups is 1. The van der Waals surface area contributed by atoms with Crippen molar-refractivity contribution >= 4 is 41.5 Å². The molecule has 1 aromatic heterocycles. The summed E-state index contributed by atoms with van der Waals surface area (Å²) in [5, 5.41) is 20.5. The molecule has 0 atom stereocenters. The van der Waals surface area contributed by atoms with Crippen LogP contribution in [0, 0.1) is 6.92 Å². The lowest BCUT2D eigenvalue weighted by atomic mass is 10.0. The van der Waals surface area contributed by atoms with E-state index in [4.69, 9.17) is 4.42 Å². The topological polar surface area (TPSA) is 154 Å². The molecule has 1 aliphatic heterocycles. The van der Waals surface area contributed by atoms with Gasteiger partial charge in [-0.1, -0.05) is 18.2 Å². The Labute approximate surface area is 191 Å². The third kappa shape index (κ3) is 3.95. The number of hydrogen-bond acceptors (Lipinski definition) is 6. The lowest BCUT2D eigenvalue weighted by Gasteiger charge is -2.26. The van der Waals surface area contributed by atoms with E-state index in [-0.39, 0.29) is 22.6 Å². The molecule has 1 saturated heterocycles. The zero-order valence-corrected chi connectivity index (χ0v) is 17.6. The number of aromatic carboxylic acids is 2. The molecular formula is C24H16N2O8. The number of hydrogen-bond donors (Lipinski definition) is 3.